The van der Waals surface area contributed by atoms with Crippen LogP contribution in [0.1, 0.15) is 5.56 Å². The van der Waals surface area contributed by atoms with Crippen LogP contribution in [0.3, 0.4) is 0 Å². The average Bonchev–Trinajstić information content (AvgIpc) is 2.28. The maximum absolute atomic E-state index is 12.9. The summed E-state index contributed by atoms with van der Waals surface area (Å²) in [5.41, 5.74) is 1.86. The number of phenols is 1. The van der Waals surface area contributed by atoms with Crippen LogP contribution in [0.5, 0.6) is 5.75 Å². The Kier molecular flexibility index (Phi) is 3.83. The lowest BCUT2D eigenvalue weighted by Gasteiger charge is -2.08. The van der Waals surface area contributed by atoms with Crippen molar-refractivity contribution in [1.82, 2.24) is 0 Å². The fourth-order valence-corrected chi connectivity index (χ4v) is 2.16. The number of nitrogens with one attached hydrogen (secondary N) is 1. The number of rotatable bonds is 3. The third kappa shape index (κ3) is 3.33. The van der Waals surface area contributed by atoms with Gasteiger partial charge in [0.1, 0.15) is 11.6 Å². The molecule has 0 saturated carbocycles. The normalized spacial score (nSPS) is 10.2. The zero-order chi connectivity index (χ0) is 12.3. The molecule has 0 saturated heterocycles. The van der Waals surface area contributed by atoms with Crippen LogP contribution < -0.4 is 5.32 Å². The molecule has 2 N–H and O–H groups in total. The fraction of sp³-hybridized carbons (Fsp3) is 0.0769. The predicted octanol–water partition coefficient (Wildman–Crippen LogP) is 3.75. The summed E-state index contributed by atoms with van der Waals surface area (Å²) < 4.78 is 13.7. The SMILES string of the molecule is Oc1cccc(CNc2ccc(F)cc2I)c1. The van der Waals surface area contributed by atoms with E-state index in [1.54, 1.807) is 24.3 Å². The van der Waals surface area contributed by atoms with Gasteiger partial charge in [0.15, 0.2) is 0 Å². The Morgan fingerprint density at radius 3 is 2.71 bits per heavy atom. The third-order valence-corrected chi connectivity index (χ3v) is 3.22. The molecular formula is C13H11FINO. The van der Waals surface area contributed by atoms with Gasteiger partial charge < -0.3 is 10.4 Å². The molecule has 4 heteroatoms. The van der Waals surface area contributed by atoms with Crippen LogP contribution in [0.15, 0.2) is 42.5 Å². The van der Waals surface area contributed by atoms with Crippen LogP contribution in [-0.4, -0.2) is 5.11 Å². The first-order chi connectivity index (χ1) is 8.15. The van der Waals surface area contributed by atoms with Gasteiger partial charge in [0.25, 0.3) is 0 Å². The van der Waals surface area contributed by atoms with Crippen molar-refractivity contribution in [3.8, 4) is 5.75 Å². The van der Waals surface area contributed by atoms with Gasteiger partial charge in [-0.3, -0.25) is 0 Å². The summed E-state index contributed by atoms with van der Waals surface area (Å²) in [4.78, 5) is 0. The minimum absolute atomic E-state index is 0.239. The first-order valence-electron chi connectivity index (χ1n) is 5.12. The second-order valence-corrected chi connectivity index (χ2v) is 4.81. The van der Waals surface area contributed by atoms with Crippen LogP contribution in [-0.2, 0) is 6.54 Å². The molecule has 0 fully saturated rings. The summed E-state index contributed by atoms with van der Waals surface area (Å²) in [6.07, 6.45) is 0. The molecule has 2 aromatic rings. The Hall–Kier alpha value is -1.30. The molecule has 0 bridgehead atoms. The summed E-state index contributed by atoms with van der Waals surface area (Å²) in [5, 5.41) is 12.5. The number of hydrogen-bond acceptors (Lipinski definition) is 2. The van der Waals surface area contributed by atoms with Crippen LogP contribution in [0, 0.1) is 9.39 Å². The monoisotopic (exact) mass is 343 g/mol. The van der Waals surface area contributed by atoms with E-state index in [-0.39, 0.29) is 11.6 Å². The van der Waals surface area contributed by atoms with E-state index < -0.39 is 0 Å². The van der Waals surface area contributed by atoms with Gasteiger partial charge in [-0.05, 0) is 58.5 Å². The van der Waals surface area contributed by atoms with E-state index in [1.807, 2.05) is 6.07 Å². The Balaban J connectivity index is 2.07. The molecule has 0 radical (unpaired) electrons. The van der Waals surface area contributed by atoms with Gasteiger partial charge in [-0.2, -0.15) is 0 Å². The molecule has 17 heavy (non-hydrogen) atoms. The highest BCUT2D eigenvalue weighted by Gasteiger charge is 2.01. The highest BCUT2D eigenvalue weighted by molar-refractivity contribution is 14.1. The number of aromatic hydroxyl groups is 1. The van der Waals surface area contributed by atoms with E-state index in [4.69, 9.17) is 0 Å². The molecule has 2 nitrogen and oxygen atoms in total. The van der Waals surface area contributed by atoms with Crippen LogP contribution >= 0.6 is 22.6 Å². The Labute approximate surface area is 113 Å². The van der Waals surface area contributed by atoms with Crippen LogP contribution in [0.2, 0.25) is 0 Å². The Bertz CT molecular complexity index is 531. The number of benzene rings is 2. The molecule has 0 amide bonds. The van der Waals surface area contributed by atoms with Gasteiger partial charge in [0, 0.05) is 15.8 Å². The average molecular weight is 343 g/mol. The predicted molar refractivity (Wildman–Crippen MR) is 74.6 cm³/mol. The van der Waals surface area contributed by atoms with Gasteiger partial charge in [-0.1, -0.05) is 12.1 Å². The van der Waals surface area contributed by atoms with Crippen LogP contribution in [0.25, 0.3) is 0 Å². The quantitative estimate of drug-likeness (QED) is 0.832. The van der Waals surface area contributed by atoms with Gasteiger partial charge in [-0.15, -0.1) is 0 Å². The van der Waals surface area contributed by atoms with Crippen molar-refractivity contribution in [2.75, 3.05) is 5.32 Å². The summed E-state index contributed by atoms with van der Waals surface area (Å²) >= 11 is 2.08. The zero-order valence-corrected chi connectivity index (χ0v) is 11.1. The molecule has 0 aliphatic carbocycles. The molecule has 2 rings (SSSR count). The van der Waals surface area contributed by atoms with Crippen molar-refractivity contribution < 1.29 is 9.50 Å². The molecule has 0 aliphatic rings. The third-order valence-electron chi connectivity index (χ3n) is 2.32. The number of phenolic OH excluding ortho intramolecular Hbond substituents is 1. The van der Waals surface area contributed by atoms with E-state index in [0.29, 0.717) is 6.54 Å². The maximum Gasteiger partial charge on any atom is 0.124 e. The second-order valence-electron chi connectivity index (χ2n) is 3.65. The van der Waals surface area contributed by atoms with Crippen LogP contribution in [0.4, 0.5) is 10.1 Å². The second kappa shape index (κ2) is 5.35. The lowest BCUT2D eigenvalue weighted by Crippen LogP contribution is -2.01. The molecule has 0 heterocycles. The van der Waals surface area contributed by atoms with Crippen molar-refractivity contribution in [3.63, 3.8) is 0 Å². The topological polar surface area (TPSA) is 32.3 Å². The highest BCUT2D eigenvalue weighted by atomic mass is 127. The minimum atomic E-state index is -0.239. The molecule has 0 atom stereocenters. The number of hydrogen-bond donors (Lipinski definition) is 2. The van der Waals surface area contributed by atoms with E-state index in [2.05, 4.69) is 27.9 Å². The van der Waals surface area contributed by atoms with Gasteiger partial charge in [-0.25, -0.2) is 4.39 Å². The smallest absolute Gasteiger partial charge is 0.124 e. The molecule has 0 unspecified atom stereocenters. The minimum Gasteiger partial charge on any atom is -0.508 e. The summed E-state index contributed by atoms with van der Waals surface area (Å²) in [7, 11) is 0. The molecule has 2 aromatic carbocycles. The summed E-state index contributed by atoms with van der Waals surface area (Å²) in [6, 6.07) is 11.7. The van der Waals surface area contributed by atoms with Gasteiger partial charge in [0.2, 0.25) is 0 Å². The molecule has 0 spiro atoms. The molecule has 88 valence electrons. The van der Waals surface area contributed by atoms with Crippen molar-refractivity contribution in [2.24, 2.45) is 0 Å². The first kappa shape index (κ1) is 12.2. The van der Waals surface area contributed by atoms with Gasteiger partial charge >= 0.3 is 0 Å². The van der Waals surface area contributed by atoms with E-state index in [9.17, 15) is 9.50 Å². The van der Waals surface area contributed by atoms with Crippen molar-refractivity contribution in [2.45, 2.75) is 6.54 Å². The largest absolute Gasteiger partial charge is 0.508 e. The molecule has 0 aromatic heterocycles. The lowest BCUT2D eigenvalue weighted by molar-refractivity contribution is 0.474. The summed E-state index contributed by atoms with van der Waals surface area (Å²) in [6.45, 7) is 0.593. The maximum atomic E-state index is 12.9. The zero-order valence-electron chi connectivity index (χ0n) is 8.95. The van der Waals surface area contributed by atoms with Crippen molar-refractivity contribution >= 4 is 28.3 Å². The fourth-order valence-electron chi connectivity index (χ4n) is 1.50. The lowest BCUT2D eigenvalue weighted by atomic mass is 10.2. The van der Waals surface area contributed by atoms with Gasteiger partial charge in [0.05, 0.1) is 0 Å². The van der Waals surface area contributed by atoms with Crippen molar-refractivity contribution in [1.29, 1.82) is 0 Å². The Morgan fingerprint density at radius 1 is 1.18 bits per heavy atom. The first-order valence-corrected chi connectivity index (χ1v) is 6.20. The van der Waals surface area contributed by atoms with E-state index in [0.717, 1.165) is 14.8 Å². The summed E-state index contributed by atoms with van der Waals surface area (Å²) in [5.74, 6) is 0.00964. The Morgan fingerprint density at radius 2 is 2.00 bits per heavy atom. The molecule has 0 aliphatic heterocycles. The van der Waals surface area contributed by atoms with E-state index >= 15 is 0 Å². The van der Waals surface area contributed by atoms with E-state index in [1.165, 1.54) is 12.1 Å². The highest BCUT2D eigenvalue weighted by Crippen LogP contribution is 2.20. The molecular weight excluding hydrogens is 332 g/mol. The van der Waals surface area contributed by atoms with Crippen molar-refractivity contribution in [3.05, 3.63) is 57.4 Å². The number of halogens is 2. The standard InChI is InChI=1S/C13H11FINO/c14-10-4-5-13(12(15)7-10)16-8-9-2-1-3-11(17)6-9/h1-7,16-17H,8H2. The number of anilines is 1.